The molecule has 0 atom stereocenters. The van der Waals surface area contributed by atoms with Crippen LogP contribution in [0, 0.1) is 13.8 Å². The minimum absolute atomic E-state index is 0.108. The molecule has 5 heteroatoms. The van der Waals surface area contributed by atoms with Gasteiger partial charge in [-0.3, -0.25) is 4.98 Å². The number of oxime groups is 1. The predicted molar refractivity (Wildman–Crippen MR) is 76.3 cm³/mol. The first kappa shape index (κ1) is 13.7. The highest BCUT2D eigenvalue weighted by atomic mass is 16.7. The van der Waals surface area contributed by atoms with E-state index in [0.717, 1.165) is 11.1 Å². The zero-order valence-electron chi connectivity index (χ0n) is 11.3. The zero-order chi connectivity index (χ0) is 14.5. The summed E-state index contributed by atoms with van der Waals surface area (Å²) in [5.41, 5.74) is 8.61. The molecule has 1 heterocycles. The Morgan fingerprint density at radius 2 is 2.10 bits per heavy atom. The second kappa shape index (κ2) is 5.97. The molecule has 0 aliphatic heterocycles. The first-order chi connectivity index (χ1) is 9.58. The lowest BCUT2D eigenvalue weighted by Crippen LogP contribution is -2.15. The van der Waals surface area contributed by atoms with Gasteiger partial charge in [-0.15, -0.1) is 0 Å². The highest BCUT2D eigenvalue weighted by Gasteiger charge is 2.11. The Morgan fingerprint density at radius 1 is 1.30 bits per heavy atom. The van der Waals surface area contributed by atoms with Crippen molar-refractivity contribution in [3.8, 4) is 0 Å². The van der Waals surface area contributed by atoms with Crippen LogP contribution in [0.5, 0.6) is 0 Å². The van der Waals surface area contributed by atoms with Crippen molar-refractivity contribution < 1.29 is 9.63 Å². The van der Waals surface area contributed by atoms with Crippen molar-refractivity contribution in [2.45, 2.75) is 13.8 Å². The van der Waals surface area contributed by atoms with Crippen LogP contribution in [-0.4, -0.2) is 16.8 Å². The molecule has 0 saturated carbocycles. The molecule has 1 aromatic heterocycles. The summed E-state index contributed by atoms with van der Waals surface area (Å²) >= 11 is 0. The summed E-state index contributed by atoms with van der Waals surface area (Å²) in [5.74, 6) is -0.421. The second-order valence-corrected chi connectivity index (χ2v) is 4.42. The summed E-state index contributed by atoms with van der Waals surface area (Å²) < 4.78 is 0. The van der Waals surface area contributed by atoms with Crippen molar-refractivity contribution >= 4 is 11.8 Å². The van der Waals surface area contributed by atoms with E-state index in [0.29, 0.717) is 11.1 Å². The van der Waals surface area contributed by atoms with E-state index < -0.39 is 5.97 Å². The van der Waals surface area contributed by atoms with Crippen LogP contribution in [0.4, 0.5) is 0 Å². The maximum atomic E-state index is 12.0. The highest BCUT2D eigenvalue weighted by Crippen LogP contribution is 2.12. The number of hydrogen-bond donors (Lipinski definition) is 1. The molecule has 0 aliphatic carbocycles. The molecule has 2 N–H and O–H groups in total. The van der Waals surface area contributed by atoms with E-state index in [9.17, 15) is 4.79 Å². The monoisotopic (exact) mass is 269 g/mol. The third-order valence-electron chi connectivity index (χ3n) is 2.80. The summed E-state index contributed by atoms with van der Waals surface area (Å²) in [6.07, 6.45) is 3.17. The lowest BCUT2D eigenvalue weighted by molar-refractivity contribution is 0.0515. The molecule has 2 aromatic rings. The molecule has 5 nitrogen and oxygen atoms in total. The number of aromatic nitrogens is 1. The van der Waals surface area contributed by atoms with Crippen molar-refractivity contribution in [1.82, 2.24) is 4.98 Å². The van der Waals surface area contributed by atoms with Gasteiger partial charge in [-0.2, -0.15) is 0 Å². The second-order valence-electron chi connectivity index (χ2n) is 4.42. The van der Waals surface area contributed by atoms with Crippen LogP contribution in [0.1, 0.15) is 27.0 Å². The fourth-order valence-corrected chi connectivity index (χ4v) is 1.66. The largest absolute Gasteiger partial charge is 0.380 e. The molecule has 0 radical (unpaired) electrons. The Balaban J connectivity index is 2.14. The van der Waals surface area contributed by atoms with E-state index in [1.807, 2.05) is 26.0 Å². The average Bonchev–Trinajstić information content (AvgIpc) is 2.47. The maximum absolute atomic E-state index is 12.0. The SMILES string of the molecule is Cc1ccc(C)c(C(=O)O/N=C(/N)c2cccnc2)c1. The molecular formula is C15H15N3O2. The first-order valence-corrected chi connectivity index (χ1v) is 6.10. The summed E-state index contributed by atoms with van der Waals surface area (Å²) in [4.78, 5) is 20.7. The number of carbonyl (C=O) groups is 1. The van der Waals surface area contributed by atoms with Gasteiger partial charge in [0.2, 0.25) is 0 Å². The van der Waals surface area contributed by atoms with Gasteiger partial charge >= 0.3 is 5.97 Å². The summed E-state index contributed by atoms with van der Waals surface area (Å²) in [7, 11) is 0. The van der Waals surface area contributed by atoms with E-state index >= 15 is 0 Å². The number of hydrogen-bond acceptors (Lipinski definition) is 4. The predicted octanol–water partition coefficient (Wildman–Crippen LogP) is 2.18. The number of aryl methyl sites for hydroxylation is 2. The number of pyridine rings is 1. The smallest absolute Gasteiger partial charge is 0.366 e. The van der Waals surface area contributed by atoms with Crippen molar-refractivity contribution in [2.24, 2.45) is 10.9 Å². The minimum atomic E-state index is -0.530. The minimum Gasteiger partial charge on any atom is -0.380 e. The standard InChI is InChI=1S/C15H15N3O2/c1-10-5-6-11(2)13(8-10)15(19)20-18-14(16)12-4-3-7-17-9-12/h3-9H,1-2H3,(H2,16,18). The van der Waals surface area contributed by atoms with Gasteiger partial charge in [0.25, 0.3) is 0 Å². The molecule has 1 aromatic carbocycles. The molecule has 0 spiro atoms. The van der Waals surface area contributed by atoms with Gasteiger partial charge in [0.05, 0.1) is 5.56 Å². The van der Waals surface area contributed by atoms with Crippen LogP contribution in [0.2, 0.25) is 0 Å². The molecule has 0 unspecified atom stereocenters. The van der Waals surface area contributed by atoms with Crippen LogP contribution >= 0.6 is 0 Å². The maximum Gasteiger partial charge on any atom is 0.366 e. The Kier molecular flexibility index (Phi) is 4.10. The molecule has 102 valence electrons. The van der Waals surface area contributed by atoms with E-state index in [1.54, 1.807) is 30.6 Å². The van der Waals surface area contributed by atoms with E-state index in [2.05, 4.69) is 10.1 Å². The average molecular weight is 269 g/mol. The fraction of sp³-hybridized carbons (Fsp3) is 0.133. The lowest BCUT2D eigenvalue weighted by Gasteiger charge is -2.04. The third-order valence-corrected chi connectivity index (χ3v) is 2.80. The number of amidine groups is 1. The van der Waals surface area contributed by atoms with Crippen LogP contribution in [0.3, 0.4) is 0 Å². The number of benzene rings is 1. The van der Waals surface area contributed by atoms with Crippen LogP contribution in [0.25, 0.3) is 0 Å². The summed E-state index contributed by atoms with van der Waals surface area (Å²) in [6, 6.07) is 9.01. The van der Waals surface area contributed by atoms with Gasteiger partial charge in [0.1, 0.15) is 0 Å². The van der Waals surface area contributed by atoms with Gasteiger partial charge in [-0.1, -0.05) is 22.9 Å². The van der Waals surface area contributed by atoms with Crippen molar-refractivity contribution in [2.75, 3.05) is 0 Å². The fourth-order valence-electron chi connectivity index (χ4n) is 1.66. The number of nitrogens with zero attached hydrogens (tertiary/aromatic N) is 2. The van der Waals surface area contributed by atoms with Gasteiger partial charge in [-0.05, 0) is 37.6 Å². The Labute approximate surface area is 117 Å². The summed E-state index contributed by atoms with van der Waals surface area (Å²) in [5, 5.41) is 3.65. The van der Waals surface area contributed by atoms with Crippen molar-refractivity contribution in [1.29, 1.82) is 0 Å². The highest BCUT2D eigenvalue weighted by molar-refractivity contribution is 5.98. The lowest BCUT2D eigenvalue weighted by atomic mass is 10.1. The normalized spacial score (nSPS) is 11.2. The Bertz CT molecular complexity index is 651. The quantitative estimate of drug-likeness (QED) is 0.401. The number of rotatable bonds is 3. The number of carbonyl (C=O) groups excluding carboxylic acids is 1. The van der Waals surface area contributed by atoms with Crippen molar-refractivity contribution in [3.63, 3.8) is 0 Å². The van der Waals surface area contributed by atoms with Gasteiger partial charge in [0, 0.05) is 18.0 Å². The van der Waals surface area contributed by atoms with Crippen LogP contribution < -0.4 is 5.73 Å². The first-order valence-electron chi connectivity index (χ1n) is 6.10. The van der Waals surface area contributed by atoms with Crippen molar-refractivity contribution in [3.05, 3.63) is 65.0 Å². The Hall–Kier alpha value is -2.69. The van der Waals surface area contributed by atoms with E-state index in [-0.39, 0.29) is 5.84 Å². The molecule has 0 saturated heterocycles. The molecule has 2 rings (SSSR count). The molecule has 20 heavy (non-hydrogen) atoms. The molecule has 0 amide bonds. The van der Waals surface area contributed by atoms with E-state index in [1.165, 1.54) is 0 Å². The molecule has 0 bridgehead atoms. The van der Waals surface area contributed by atoms with Gasteiger partial charge < -0.3 is 10.6 Å². The summed E-state index contributed by atoms with van der Waals surface area (Å²) in [6.45, 7) is 3.74. The van der Waals surface area contributed by atoms with Crippen LogP contribution in [-0.2, 0) is 4.84 Å². The number of nitrogens with two attached hydrogens (primary N) is 1. The Morgan fingerprint density at radius 3 is 2.80 bits per heavy atom. The molecular weight excluding hydrogens is 254 g/mol. The zero-order valence-corrected chi connectivity index (χ0v) is 11.3. The van der Waals surface area contributed by atoms with Gasteiger partial charge in [0.15, 0.2) is 5.84 Å². The molecule has 0 aliphatic rings. The van der Waals surface area contributed by atoms with E-state index in [4.69, 9.17) is 10.6 Å². The van der Waals surface area contributed by atoms with Crippen LogP contribution in [0.15, 0.2) is 47.9 Å². The topological polar surface area (TPSA) is 77.6 Å². The van der Waals surface area contributed by atoms with Gasteiger partial charge in [-0.25, -0.2) is 4.79 Å². The molecule has 0 fully saturated rings. The third kappa shape index (κ3) is 3.20.